The smallest absolute Gasteiger partial charge is 0.277 e. The molecule has 0 aliphatic carbocycles. The summed E-state index contributed by atoms with van der Waals surface area (Å²) in [6.07, 6.45) is 0. The Balaban J connectivity index is 2.26. The number of nitrogens with one attached hydrogen (secondary N) is 1. The lowest BCUT2D eigenvalue weighted by Gasteiger charge is -2.32. The molecule has 9 heteroatoms. The molecular weight excluding hydrogens is 264 g/mol. The van der Waals surface area contributed by atoms with Gasteiger partial charge >= 0.3 is 0 Å². The van der Waals surface area contributed by atoms with Crippen molar-refractivity contribution < 1.29 is 13.2 Å². The summed E-state index contributed by atoms with van der Waals surface area (Å²) in [4.78, 5) is 15.9. The monoisotopic (exact) mass is 276 g/mol. The quantitative estimate of drug-likeness (QED) is 0.675. The number of rotatable bonds is 3. The third-order valence-corrected chi connectivity index (χ3v) is 4.19. The van der Waals surface area contributed by atoms with Gasteiger partial charge in [-0.25, -0.2) is 10.1 Å². The Labute approximate surface area is 103 Å². The Morgan fingerprint density at radius 3 is 3.00 bits per heavy atom. The maximum atomic E-state index is 12.1. The number of carbonyl (C=O) groups excluding carboxylic acids is 1. The zero-order valence-electron chi connectivity index (χ0n) is 8.87. The van der Waals surface area contributed by atoms with Crippen LogP contribution in [0.25, 0.3) is 0 Å². The van der Waals surface area contributed by atoms with E-state index in [-0.39, 0.29) is 24.6 Å². The van der Waals surface area contributed by atoms with E-state index < -0.39 is 16.3 Å². The number of piperazine rings is 1. The summed E-state index contributed by atoms with van der Waals surface area (Å²) >= 11 is 1.29. The largest absolute Gasteiger partial charge is 0.313 e. The van der Waals surface area contributed by atoms with E-state index in [0.717, 1.165) is 4.31 Å². The minimum absolute atomic E-state index is 0.194. The standard InChI is InChI=1S/C8H12N4O3S2/c9-17(14,15)12-2-1-10-3-7(12)8(13)6-4-16-5-11-6/h4-5,7,10H,1-3H2,(H2,9,14,15). The second-order valence-corrected chi connectivity index (χ2v) is 5.83. The number of carbonyl (C=O) groups is 1. The number of nitrogens with zero attached hydrogens (tertiary/aromatic N) is 2. The summed E-state index contributed by atoms with van der Waals surface area (Å²) in [6.45, 7) is 0.934. The molecule has 1 unspecified atom stereocenters. The Hall–Kier alpha value is -0.870. The minimum atomic E-state index is -3.86. The van der Waals surface area contributed by atoms with Gasteiger partial charge in [-0.15, -0.1) is 11.3 Å². The van der Waals surface area contributed by atoms with E-state index in [9.17, 15) is 13.2 Å². The highest BCUT2D eigenvalue weighted by Gasteiger charge is 2.35. The van der Waals surface area contributed by atoms with Crippen molar-refractivity contribution in [3.8, 4) is 0 Å². The van der Waals surface area contributed by atoms with Gasteiger partial charge in [0.05, 0.1) is 5.51 Å². The van der Waals surface area contributed by atoms with Crippen molar-refractivity contribution in [2.45, 2.75) is 6.04 Å². The molecule has 1 aromatic rings. The summed E-state index contributed by atoms with van der Waals surface area (Å²) in [6, 6.07) is -0.805. The van der Waals surface area contributed by atoms with Gasteiger partial charge in [-0.1, -0.05) is 0 Å². The van der Waals surface area contributed by atoms with Crippen LogP contribution in [0.5, 0.6) is 0 Å². The van der Waals surface area contributed by atoms with E-state index in [4.69, 9.17) is 5.14 Å². The van der Waals surface area contributed by atoms with Crippen molar-refractivity contribution in [1.82, 2.24) is 14.6 Å². The number of hydrogen-bond donors (Lipinski definition) is 2. The maximum Gasteiger partial charge on any atom is 0.277 e. The first kappa shape index (κ1) is 12.6. The van der Waals surface area contributed by atoms with Crippen LogP contribution in [0.1, 0.15) is 10.5 Å². The molecule has 0 amide bonds. The molecule has 1 aliphatic heterocycles. The van der Waals surface area contributed by atoms with Gasteiger partial charge in [0, 0.05) is 25.0 Å². The molecule has 1 saturated heterocycles. The highest BCUT2D eigenvalue weighted by Crippen LogP contribution is 2.13. The first-order valence-electron chi connectivity index (χ1n) is 4.93. The van der Waals surface area contributed by atoms with Crippen LogP contribution in [0, 0.1) is 0 Å². The van der Waals surface area contributed by atoms with E-state index in [1.165, 1.54) is 16.8 Å². The molecule has 3 N–H and O–H groups in total. The van der Waals surface area contributed by atoms with Crippen LogP contribution >= 0.6 is 11.3 Å². The molecule has 1 atom stereocenters. The maximum absolute atomic E-state index is 12.1. The molecule has 0 saturated carbocycles. The van der Waals surface area contributed by atoms with Crippen molar-refractivity contribution >= 4 is 27.3 Å². The van der Waals surface area contributed by atoms with Crippen LogP contribution in [0.4, 0.5) is 0 Å². The molecule has 0 radical (unpaired) electrons. The second-order valence-electron chi connectivity index (χ2n) is 3.61. The minimum Gasteiger partial charge on any atom is -0.313 e. The zero-order valence-corrected chi connectivity index (χ0v) is 10.5. The average molecular weight is 276 g/mol. The molecule has 1 aromatic heterocycles. The lowest BCUT2D eigenvalue weighted by atomic mass is 10.1. The summed E-state index contributed by atoms with van der Waals surface area (Å²) in [7, 11) is -3.86. The molecule has 94 valence electrons. The van der Waals surface area contributed by atoms with Gasteiger partial charge in [0.1, 0.15) is 11.7 Å². The van der Waals surface area contributed by atoms with Gasteiger partial charge in [-0.2, -0.15) is 12.7 Å². The molecule has 0 aromatic carbocycles. The number of ketones is 1. The fourth-order valence-electron chi connectivity index (χ4n) is 1.72. The van der Waals surface area contributed by atoms with Crippen molar-refractivity contribution in [1.29, 1.82) is 0 Å². The Kier molecular flexibility index (Phi) is 3.54. The topological polar surface area (TPSA) is 105 Å². The van der Waals surface area contributed by atoms with Gasteiger partial charge in [0.15, 0.2) is 0 Å². The Morgan fingerprint density at radius 2 is 2.41 bits per heavy atom. The van der Waals surface area contributed by atoms with E-state index in [1.807, 2.05) is 0 Å². The fourth-order valence-corrected chi connectivity index (χ4v) is 3.13. The number of hydrogen-bond acceptors (Lipinski definition) is 6. The summed E-state index contributed by atoms with van der Waals surface area (Å²) in [5.74, 6) is -0.326. The van der Waals surface area contributed by atoms with Crippen LogP contribution in [-0.2, 0) is 10.2 Å². The van der Waals surface area contributed by atoms with E-state index in [2.05, 4.69) is 10.3 Å². The molecule has 2 heterocycles. The molecule has 2 rings (SSSR count). The third-order valence-electron chi connectivity index (χ3n) is 2.51. The van der Waals surface area contributed by atoms with Crippen molar-refractivity contribution in [2.75, 3.05) is 19.6 Å². The van der Waals surface area contributed by atoms with Gasteiger partial charge in [0.25, 0.3) is 10.2 Å². The highest BCUT2D eigenvalue weighted by molar-refractivity contribution is 7.86. The summed E-state index contributed by atoms with van der Waals surface area (Å²) in [5.41, 5.74) is 1.81. The molecule has 17 heavy (non-hydrogen) atoms. The third kappa shape index (κ3) is 2.69. The SMILES string of the molecule is NS(=O)(=O)N1CCNCC1C(=O)c1cscn1. The normalized spacial score (nSPS) is 22.5. The van der Waals surface area contributed by atoms with Crippen LogP contribution in [0.15, 0.2) is 10.9 Å². The van der Waals surface area contributed by atoms with Crippen molar-refractivity contribution in [3.63, 3.8) is 0 Å². The molecule has 7 nitrogen and oxygen atoms in total. The summed E-state index contributed by atoms with van der Waals surface area (Å²) in [5, 5.41) is 9.66. The predicted octanol–water partition coefficient (Wildman–Crippen LogP) is -1.20. The first-order valence-corrected chi connectivity index (χ1v) is 7.37. The molecule has 1 fully saturated rings. The molecule has 0 spiro atoms. The lowest BCUT2D eigenvalue weighted by Crippen LogP contribution is -2.58. The second kappa shape index (κ2) is 4.78. The average Bonchev–Trinajstić information content (AvgIpc) is 2.80. The van der Waals surface area contributed by atoms with Crippen LogP contribution in [0.2, 0.25) is 0 Å². The van der Waals surface area contributed by atoms with Crippen LogP contribution in [0.3, 0.4) is 0 Å². The van der Waals surface area contributed by atoms with Gasteiger partial charge in [0.2, 0.25) is 5.78 Å². The van der Waals surface area contributed by atoms with E-state index >= 15 is 0 Å². The van der Waals surface area contributed by atoms with Crippen molar-refractivity contribution in [3.05, 3.63) is 16.6 Å². The Bertz CT molecular complexity index is 499. The van der Waals surface area contributed by atoms with Gasteiger partial charge < -0.3 is 5.32 Å². The van der Waals surface area contributed by atoms with Gasteiger partial charge in [-0.3, -0.25) is 4.79 Å². The Morgan fingerprint density at radius 1 is 1.65 bits per heavy atom. The first-order chi connectivity index (χ1) is 8.00. The van der Waals surface area contributed by atoms with Crippen LogP contribution in [-0.4, -0.2) is 49.2 Å². The number of Topliss-reactive ketones (excluding diaryl/α,β-unsaturated/α-hetero) is 1. The molecular formula is C8H12N4O3S2. The van der Waals surface area contributed by atoms with E-state index in [0.29, 0.717) is 6.54 Å². The lowest BCUT2D eigenvalue weighted by molar-refractivity contribution is 0.0870. The highest BCUT2D eigenvalue weighted by atomic mass is 32.2. The van der Waals surface area contributed by atoms with E-state index in [1.54, 1.807) is 5.38 Å². The predicted molar refractivity (Wildman–Crippen MR) is 62.9 cm³/mol. The van der Waals surface area contributed by atoms with Crippen molar-refractivity contribution in [2.24, 2.45) is 5.14 Å². The number of aromatic nitrogens is 1. The molecule has 0 bridgehead atoms. The number of nitrogens with two attached hydrogens (primary N) is 1. The fraction of sp³-hybridized carbons (Fsp3) is 0.500. The summed E-state index contributed by atoms with van der Waals surface area (Å²) < 4.78 is 23.8. The molecule has 1 aliphatic rings. The zero-order chi connectivity index (χ0) is 12.5. The van der Waals surface area contributed by atoms with Crippen LogP contribution < -0.4 is 10.5 Å². The number of thiazole rings is 1. The van der Waals surface area contributed by atoms with Gasteiger partial charge in [-0.05, 0) is 0 Å².